The molecule has 0 aromatic heterocycles. The summed E-state index contributed by atoms with van der Waals surface area (Å²) in [6, 6.07) is 11.7. The second-order valence-electron chi connectivity index (χ2n) is 5.82. The molecular formula is C20H19FN2O3. The third-order valence-electron chi connectivity index (χ3n) is 3.96. The normalized spacial score (nSPS) is 15.0. The molecule has 1 N–H and O–H groups in total. The van der Waals surface area contributed by atoms with Crippen LogP contribution in [0.1, 0.15) is 17.5 Å². The minimum atomic E-state index is -0.271. The second-order valence-corrected chi connectivity index (χ2v) is 5.82. The lowest BCUT2D eigenvalue weighted by molar-refractivity contribution is -0.115. The maximum Gasteiger partial charge on any atom is 0.275 e. The lowest BCUT2D eigenvalue weighted by Crippen LogP contribution is -2.24. The first-order valence-corrected chi connectivity index (χ1v) is 8.15. The van der Waals surface area contributed by atoms with Crippen molar-refractivity contribution < 1.29 is 18.7 Å². The molecule has 0 saturated heterocycles. The van der Waals surface area contributed by atoms with E-state index in [9.17, 15) is 9.18 Å². The van der Waals surface area contributed by atoms with Crippen LogP contribution >= 0.6 is 0 Å². The zero-order chi connectivity index (χ0) is 18.5. The van der Waals surface area contributed by atoms with Crippen LogP contribution in [0.3, 0.4) is 0 Å². The molecule has 134 valence electrons. The number of carbonyl (C=O) groups excluding carboxylic acids is 1. The molecule has 1 aliphatic rings. The van der Waals surface area contributed by atoms with Gasteiger partial charge in [-0.25, -0.2) is 9.38 Å². The van der Waals surface area contributed by atoms with Gasteiger partial charge in [-0.1, -0.05) is 12.1 Å². The molecule has 1 amide bonds. The Kier molecular flexibility index (Phi) is 5.31. The van der Waals surface area contributed by atoms with Gasteiger partial charge in [-0.2, -0.15) is 0 Å². The van der Waals surface area contributed by atoms with Crippen LogP contribution < -0.4 is 14.8 Å². The van der Waals surface area contributed by atoms with E-state index in [1.54, 1.807) is 44.6 Å². The van der Waals surface area contributed by atoms with Gasteiger partial charge in [0, 0.05) is 12.5 Å². The van der Waals surface area contributed by atoms with E-state index < -0.39 is 0 Å². The van der Waals surface area contributed by atoms with Gasteiger partial charge in [-0.15, -0.1) is 0 Å². The number of hydrogen-bond acceptors (Lipinski definition) is 4. The van der Waals surface area contributed by atoms with E-state index in [2.05, 4.69) is 10.3 Å². The molecule has 26 heavy (non-hydrogen) atoms. The number of aryl methyl sites for hydroxylation is 1. The van der Waals surface area contributed by atoms with Crippen LogP contribution in [0.15, 0.2) is 53.2 Å². The molecule has 0 unspecified atom stereocenters. The summed E-state index contributed by atoms with van der Waals surface area (Å²) in [5.41, 5.74) is 1.92. The minimum absolute atomic E-state index is 0.263. The Hall–Kier alpha value is -3.15. The van der Waals surface area contributed by atoms with E-state index in [0.717, 1.165) is 11.1 Å². The first-order valence-electron chi connectivity index (χ1n) is 8.15. The van der Waals surface area contributed by atoms with Gasteiger partial charge >= 0.3 is 0 Å². The summed E-state index contributed by atoms with van der Waals surface area (Å²) >= 11 is 0. The third-order valence-corrected chi connectivity index (χ3v) is 3.96. The predicted octanol–water partition coefficient (Wildman–Crippen LogP) is 3.34. The Morgan fingerprint density at radius 1 is 1.08 bits per heavy atom. The Labute approximate surface area is 151 Å². The zero-order valence-electron chi connectivity index (χ0n) is 14.6. The monoisotopic (exact) mass is 354 g/mol. The largest absolute Gasteiger partial charge is 0.497 e. The summed E-state index contributed by atoms with van der Waals surface area (Å²) in [6.07, 6.45) is 2.79. The fraction of sp³-hybridized carbons (Fsp3) is 0.200. The number of halogens is 1. The van der Waals surface area contributed by atoms with Crippen molar-refractivity contribution in [2.45, 2.75) is 12.8 Å². The highest BCUT2D eigenvalue weighted by atomic mass is 19.1. The Morgan fingerprint density at radius 3 is 2.46 bits per heavy atom. The molecule has 1 heterocycles. The van der Waals surface area contributed by atoms with Gasteiger partial charge in [0.2, 0.25) is 0 Å². The maximum absolute atomic E-state index is 13.2. The average Bonchev–Trinajstić information content (AvgIpc) is 2.99. The molecule has 0 fully saturated rings. The number of aliphatic imine (C=N–C) groups is 1. The lowest BCUT2D eigenvalue weighted by atomic mass is 10.1. The summed E-state index contributed by atoms with van der Waals surface area (Å²) < 4.78 is 23.7. The van der Waals surface area contributed by atoms with Crippen LogP contribution in [0.5, 0.6) is 11.5 Å². The quantitative estimate of drug-likeness (QED) is 0.810. The highest BCUT2D eigenvalue weighted by molar-refractivity contribution is 6.14. The van der Waals surface area contributed by atoms with E-state index in [-0.39, 0.29) is 11.7 Å². The molecule has 6 heteroatoms. The fourth-order valence-corrected chi connectivity index (χ4v) is 2.66. The van der Waals surface area contributed by atoms with Crippen LogP contribution in [0.25, 0.3) is 6.08 Å². The van der Waals surface area contributed by atoms with Crippen LogP contribution in [0, 0.1) is 5.82 Å². The van der Waals surface area contributed by atoms with Crippen LogP contribution in [0.2, 0.25) is 0 Å². The molecule has 1 aliphatic heterocycles. The summed E-state index contributed by atoms with van der Waals surface area (Å²) in [5, 5.41) is 2.75. The number of amidine groups is 1. The standard InChI is InChI=1S/C20H19FN2O3/c1-25-16-9-14(10-17(12-16)26-2)11-18-20(24)23-19(22-18)7-6-13-4-3-5-15(21)8-13/h3-5,8-12H,6-7H2,1-2H3,(H,22,23,24)/b18-11+. The number of rotatable bonds is 6. The Morgan fingerprint density at radius 2 is 1.81 bits per heavy atom. The van der Waals surface area contributed by atoms with Crippen LogP contribution in [-0.2, 0) is 11.2 Å². The van der Waals surface area contributed by atoms with Gasteiger partial charge in [0.05, 0.1) is 14.2 Å². The first-order chi connectivity index (χ1) is 12.6. The summed E-state index contributed by atoms with van der Waals surface area (Å²) in [5.74, 6) is 1.30. The molecule has 0 atom stereocenters. The number of hydrogen-bond donors (Lipinski definition) is 1. The van der Waals surface area contributed by atoms with E-state index in [1.165, 1.54) is 12.1 Å². The van der Waals surface area contributed by atoms with Crippen LogP contribution in [-0.4, -0.2) is 26.0 Å². The molecule has 2 aromatic carbocycles. The molecule has 0 radical (unpaired) electrons. The second kappa shape index (κ2) is 7.82. The summed E-state index contributed by atoms with van der Waals surface area (Å²) in [6.45, 7) is 0. The topological polar surface area (TPSA) is 59.9 Å². The van der Waals surface area contributed by atoms with Gasteiger partial charge in [0.15, 0.2) is 0 Å². The number of benzene rings is 2. The van der Waals surface area contributed by atoms with Crippen molar-refractivity contribution in [2.75, 3.05) is 14.2 Å². The van der Waals surface area contributed by atoms with Gasteiger partial charge in [0.1, 0.15) is 28.8 Å². The van der Waals surface area contributed by atoms with Gasteiger partial charge in [0.25, 0.3) is 5.91 Å². The first kappa shape index (κ1) is 17.7. The maximum atomic E-state index is 13.2. The molecular weight excluding hydrogens is 335 g/mol. The van der Waals surface area contributed by atoms with Crippen molar-refractivity contribution in [3.05, 3.63) is 65.1 Å². The van der Waals surface area contributed by atoms with Crippen molar-refractivity contribution in [1.29, 1.82) is 0 Å². The van der Waals surface area contributed by atoms with Gasteiger partial charge < -0.3 is 14.8 Å². The number of amides is 1. The molecule has 0 bridgehead atoms. The van der Waals surface area contributed by atoms with Crippen molar-refractivity contribution in [3.8, 4) is 11.5 Å². The number of ether oxygens (including phenoxy) is 2. The summed E-state index contributed by atoms with van der Waals surface area (Å²) in [7, 11) is 3.13. The van der Waals surface area contributed by atoms with Crippen LogP contribution in [0.4, 0.5) is 4.39 Å². The summed E-state index contributed by atoms with van der Waals surface area (Å²) in [4.78, 5) is 16.5. The number of methoxy groups -OCH3 is 2. The Balaban J connectivity index is 1.76. The fourth-order valence-electron chi connectivity index (χ4n) is 2.66. The Bertz CT molecular complexity index is 868. The lowest BCUT2D eigenvalue weighted by Gasteiger charge is -2.05. The van der Waals surface area contributed by atoms with E-state index in [0.29, 0.717) is 35.9 Å². The molecule has 0 saturated carbocycles. The number of nitrogens with one attached hydrogen (secondary N) is 1. The molecule has 0 spiro atoms. The van der Waals surface area contributed by atoms with Crippen molar-refractivity contribution in [2.24, 2.45) is 4.99 Å². The smallest absolute Gasteiger partial charge is 0.275 e. The van der Waals surface area contributed by atoms with E-state index in [1.807, 2.05) is 6.07 Å². The van der Waals surface area contributed by atoms with Crippen molar-refractivity contribution >= 4 is 17.8 Å². The highest BCUT2D eigenvalue weighted by Crippen LogP contribution is 2.25. The third kappa shape index (κ3) is 4.27. The minimum Gasteiger partial charge on any atom is -0.497 e. The van der Waals surface area contributed by atoms with Gasteiger partial charge in [-0.05, 0) is 47.9 Å². The molecule has 3 rings (SSSR count). The average molecular weight is 354 g/mol. The number of nitrogens with zero attached hydrogens (tertiary/aromatic N) is 1. The van der Waals surface area contributed by atoms with E-state index in [4.69, 9.17) is 9.47 Å². The van der Waals surface area contributed by atoms with Gasteiger partial charge in [-0.3, -0.25) is 4.79 Å². The predicted molar refractivity (Wildman–Crippen MR) is 97.8 cm³/mol. The molecule has 0 aliphatic carbocycles. The van der Waals surface area contributed by atoms with Crippen molar-refractivity contribution in [1.82, 2.24) is 5.32 Å². The molecule has 5 nitrogen and oxygen atoms in total. The zero-order valence-corrected chi connectivity index (χ0v) is 14.6. The number of carbonyl (C=O) groups is 1. The highest BCUT2D eigenvalue weighted by Gasteiger charge is 2.19. The molecule has 2 aromatic rings. The van der Waals surface area contributed by atoms with E-state index >= 15 is 0 Å². The van der Waals surface area contributed by atoms with Crippen molar-refractivity contribution in [3.63, 3.8) is 0 Å². The SMILES string of the molecule is COc1cc(/C=C2/N=C(CCc3cccc(F)c3)NC2=O)cc(OC)c1.